The quantitative estimate of drug-likeness (QED) is 0.266. The molecule has 0 aromatic carbocycles. The number of hydrogen-bond donors (Lipinski definition) is 0. The van der Waals surface area contributed by atoms with E-state index in [0.717, 1.165) is 0 Å². The Morgan fingerprint density at radius 2 is 1.38 bits per heavy atom. The molecule has 68 valence electrons. The molecular weight excluding hydrogens is 628 g/mol. The van der Waals surface area contributed by atoms with Crippen molar-refractivity contribution >= 4 is 69.8 Å². The molecule has 13 heavy (non-hydrogen) atoms. The van der Waals surface area contributed by atoms with Crippen LogP contribution in [0.2, 0.25) is 0 Å². The van der Waals surface area contributed by atoms with E-state index in [1.165, 1.54) is 0 Å². The Morgan fingerprint density at radius 1 is 0.923 bits per heavy atom. The Hall–Kier alpha value is 3.44. The summed E-state index contributed by atoms with van der Waals surface area (Å²) >= 11 is 1.66. The van der Waals surface area contributed by atoms with E-state index in [0.29, 0.717) is 61.9 Å². The summed E-state index contributed by atoms with van der Waals surface area (Å²) in [5, 5.41) is 0. The van der Waals surface area contributed by atoms with Gasteiger partial charge in [-0.05, 0) is 0 Å². The normalized spacial score (nSPS) is 20.6. The number of rotatable bonds is 2. The Kier molecular flexibility index (Phi) is 12.0. The van der Waals surface area contributed by atoms with Gasteiger partial charge in [-0.25, -0.2) is 0 Å². The van der Waals surface area contributed by atoms with Gasteiger partial charge in [0.25, 0.3) is 0 Å². The molecule has 0 aromatic heterocycles. The maximum absolute atomic E-state index is 2.56. The van der Waals surface area contributed by atoms with E-state index in [1.807, 2.05) is 4.14 Å². The van der Waals surface area contributed by atoms with E-state index in [1.54, 1.807) is 0 Å². The fourth-order valence-electron chi connectivity index (χ4n) is 0.796. The second kappa shape index (κ2) is 9.46. The summed E-state index contributed by atoms with van der Waals surface area (Å²) in [6.45, 7) is 0. The predicted octanol–water partition coefficient (Wildman–Crippen LogP) is -7.50. The van der Waals surface area contributed by atoms with Gasteiger partial charge in [0.1, 0.15) is 0 Å². The average Bonchev–Trinajstić information content (AvgIpc) is 2.60. The van der Waals surface area contributed by atoms with Crippen LogP contribution in [0.3, 0.4) is 0 Å². The van der Waals surface area contributed by atoms with Crippen LogP contribution in [0.5, 0.6) is 0 Å². The second-order valence-electron chi connectivity index (χ2n) is 2.07. The molecule has 2 rings (SSSR count). The fraction of sp³-hybridized carbons (Fsp3) is 0. The smallest absolute Gasteiger partial charge is 1.00 e. The van der Waals surface area contributed by atoms with Gasteiger partial charge in [0, 0.05) is 0 Å². The topological polar surface area (TPSA) is 0 Å². The average molecular weight is 634 g/mol. The van der Waals surface area contributed by atoms with Gasteiger partial charge >= 0.3 is 109 Å². The zero-order valence-electron chi connectivity index (χ0n) is 6.46. The van der Waals surface area contributed by atoms with E-state index in [2.05, 4.69) is 20.1 Å². The molecule has 0 N–H and O–H groups in total. The van der Waals surface area contributed by atoms with Crippen LogP contribution in [0.1, 0.15) is 0 Å². The monoisotopic (exact) mass is 630 g/mol. The molecule has 0 fully saturated rings. The van der Waals surface area contributed by atoms with Crippen molar-refractivity contribution in [2.75, 3.05) is 0 Å². The maximum atomic E-state index is 2.56. The Labute approximate surface area is 131 Å². The molecule has 0 radical (unpaired) electrons. The third-order valence-electron chi connectivity index (χ3n) is 1.27. The van der Waals surface area contributed by atoms with Crippen LogP contribution in [0.25, 0.3) is 0 Å². The second-order valence-corrected chi connectivity index (χ2v) is 30.8. The summed E-state index contributed by atoms with van der Waals surface area (Å²) in [5.74, 6) is 0. The molecule has 0 amide bonds. The van der Waals surface area contributed by atoms with Gasteiger partial charge in [-0.1, -0.05) is 0 Å². The van der Waals surface area contributed by atoms with Crippen molar-refractivity contribution in [2.45, 2.75) is 0 Å². The van der Waals surface area contributed by atoms with Crippen LogP contribution in [0.15, 0.2) is 16.3 Å². The van der Waals surface area contributed by atoms with Crippen molar-refractivity contribution in [1.82, 2.24) is 0 Å². The third kappa shape index (κ3) is 6.06. The molecule has 2 unspecified atom stereocenters. The molecule has 0 saturated carbocycles. The van der Waals surface area contributed by atoms with E-state index in [9.17, 15) is 0 Å². The first-order chi connectivity index (χ1) is 5.45. The molecule has 0 nitrogen and oxygen atoms in total. The van der Waals surface area contributed by atoms with E-state index in [4.69, 9.17) is 0 Å². The fourth-order valence-corrected chi connectivity index (χ4v) is 48.7. The first-order valence-electron chi connectivity index (χ1n) is 3.21. The zero-order valence-corrected chi connectivity index (χ0v) is 19.7. The van der Waals surface area contributed by atoms with Crippen molar-refractivity contribution in [2.24, 2.45) is 0 Å². The number of hydrogen-bond acceptors (Lipinski definition) is 0. The summed E-state index contributed by atoms with van der Waals surface area (Å²) in [7, 11) is 0. The molecular formula is C6H6As2Cl2Sb2Zr. The van der Waals surface area contributed by atoms with Crippen molar-refractivity contribution < 1.29 is 48.0 Å². The van der Waals surface area contributed by atoms with Crippen molar-refractivity contribution in [3.05, 3.63) is 16.3 Å². The summed E-state index contributed by atoms with van der Waals surface area (Å²) in [6.07, 6.45) is 5.08. The largest absolute Gasteiger partial charge is 1.00 e. The molecule has 0 aliphatic carbocycles. The standard InChI is InChI=1S/2C3H3As.2ClH.2Sb.Zr/c2*1-2-3-4;;;;;/h2*1-2,4H;2*1H;;;/q2*-1;;;2*+1;+2/p-2. The van der Waals surface area contributed by atoms with Crippen LogP contribution in [-0.2, 0) is 23.2 Å². The van der Waals surface area contributed by atoms with Crippen molar-refractivity contribution in [1.29, 1.82) is 0 Å². The van der Waals surface area contributed by atoms with Crippen molar-refractivity contribution in [3.63, 3.8) is 0 Å². The summed E-state index contributed by atoms with van der Waals surface area (Å²) in [4.78, 5) is 0. The van der Waals surface area contributed by atoms with E-state index < -0.39 is 0 Å². The van der Waals surface area contributed by atoms with Gasteiger partial charge < -0.3 is 24.8 Å². The van der Waals surface area contributed by atoms with Gasteiger partial charge in [0.05, 0.1) is 0 Å². The first kappa shape index (κ1) is 16.4. The molecule has 7 heteroatoms. The molecule has 2 heterocycles. The van der Waals surface area contributed by atoms with Crippen LogP contribution < -0.4 is 24.8 Å². The van der Waals surface area contributed by atoms with Gasteiger partial charge in [-0.15, -0.1) is 0 Å². The Balaban J connectivity index is 0.000000720. The summed E-state index contributed by atoms with van der Waals surface area (Å²) in [5.41, 5.74) is 0. The van der Waals surface area contributed by atoms with Crippen molar-refractivity contribution in [3.8, 4) is 0 Å². The first-order valence-corrected chi connectivity index (χ1v) is 25.9. The van der Waals surface area contributed by atoms with Crippen LogP contribution in [-0.4, -0.2) is 69.8 Å². The molecule has 2 aliphatic rings. The minimum Gasteiger partial charge on any atom is -1.00 e. The Bertz CT molecular complexity index is 260. The molecule has 0 saturated heterocycles. The SMILES string of the molecule is [CH]1=[Sb][AsH][C]([Zr+2][C]2=C[CH]=[Sb][AsH]2)=C1.[Cl-].[Cl-]. The minimum atomic E-state index is -0.0631. The van der Waals surface area contributed by atoms with E-state index >= 15 is 0 Å². The third-order valence-corrected chi connectivity index (χ3v) is 44.8. The summed E-state index contributed by atoms with van der Waals surface area (Å²) in [6, 6.07) is 0. The summed E-state index contributed by atoms with van der Waals surface area (Å²) < 4.78 is 9.22. The predicted molar refractivity (Wildman–Crippen MR) is 54.1 cm³/mol. The zero-order chi connectivity index (χ0) is 7.52. The molecule has 0 bridgehead atoms. The van der Waals surface area contributed by atoms with Gasteiger partial charge in [0.15, 0.2) is 0 Å². The van der Waals surface area contributed by atoms with Gasteiger partial charge in [-0.2, -0.15) is 0 Å². The van der Waals surface area contributed by atoms with Gasteiger partial charge in [-0.3, -0.25) is 0 Å². The van der Waals surface area contributed by atoms with Crippen LogP contribution in [0.4, 0.5) is 0 Å². The number of allylic oxidation sites excluding steroid dienone is 2. The number of halogens is 2. The van der Waals surface area contributed by atoms with E-state index in [-0.39, 0.29) is 48.0 Å². The molecule has 2 aliphatic heterocycles. The Morgan fingerprint density at radius 3 is 1.69 bits per heavy atom. The minimum absolute atomic E-state index is 0. The maximum Gasteiger partial charge on any atom is -1.00 e. The molecule has 2 atom stereocenters. The molecule has 0 aromatic rings. The van der Waals surface area contributed by atoms with Crippen LogP contribution >= 0.6 is 0 Å². The van der Waals surface area contributed by atoms with Crippen LogP contribution in [0, 0.1) is 0 Å². The van der Waals surface area contributed by atoms with Gasteiger partial charge in [0.2, 0.25) is 0 Å². The molecule has 0 spiro atoms.